The molecule has 6 heteroatoms. The number of hydrogen-bond donors (Lipinski definition) is 1. The van der Waals surface area contributed by atoms with Crippen molar-refractivity contribution >= 4 is 23.5 Å². The second kappa shape index (κ2) is 4.20. The van der Waals surface area contributed by atoms with E-state index >= 15 is 0 Å². The van der Waals surface area contributed by atoms with Gasteiger partial charge in [0.05, 0.1) is 0 Å². The summed E-state index contributed by atoms with van der Waals surface area (Å²) in [5.74, 6) is -0.335. The summed E-state index contributed by atoms with van der Waals surface area (Å²) in [6.07, 6.45) is 2.52. The zero-order chi connectivity index (χ0) is 8.97. The van der Waals surface area contributed by atoms with Crippen LogP contribution in [0.15, 0.2) is 10.3 Å². The lowest BCUT2D eigenvalue weighted by molar-refractivity contribution is -0.139. The van der Waals surface area contributed by atoms with E-state index in [1.165, 1.54) is 0 Å². The Morgan fingerprint density at radius 1 is 1.58 bits per heavy atom. The minimum atomic E-state index is -0.656. The van der Waals surface area contributed by atoms with Crippen molar-refractivity contribution in [2.24, 2.45) is 10.3 Å². The summed E-state index contributed by atoms with van der Waals surface area (Å²) in [5, 5.41) is 6.97. The molecule has 1 amide bonds. The van der Waals surface area contributed by atoms with E-state index in [1.54, 1.807) is 11.8 Å². The maximum Gasteiger partial charge on any atom is 0.311 e. The van der Waals surface area contributed by atoms with Crippen LogP contribution < -0.4 is 5.43 Å². The van der Waals surface area contributed by atoms with Gasteiger partial charge in [-0.05, 0) is 18.4 Å². The van der Waals surface area contributed by atoms with Gasteiger partial charge in [0.2, 0.25) is 5.78 Å². The smallest absolute Gasteiger partial charge is 0.286 e. The first-order valence-corrected chi connectivity index (χ1v) is 4.88. The van der Waals surface area contributed by atoms with E-state index in [4.69, 9.17) is 0 Å². The molecule has 0 spiro atoms. The lowest BCUT2D eigenvalue weighted by Gasteiger charge is -2.11. The van der Waals surface area contributed by atoms with Gasteiger partial charge in [0, 0.05) is 0 Å². The summed E-state index contributed by atoms with van der Waals surface area (Å²) in [5.41, 5.74) is 2.00. The average Bonchev–Trinajstić information content (AvgIpc) is 2.08. The van der Waals surface area contributed by atoms with Crippen molar-refractivity contribution in [2.45, 2.75) is 12.5 Å². The number of Topliss-reactive ketones (excluding diaryl/α,β-unsaturated/α-hetero) is 1. The maximum absolute atomic E-state index is 11.1. The van der Waals surface area contributed by atoms with Crippen molar-refractivity contribution in [2.75, 3.05) is 12.0 Å². The Hall–Kier alpha value is -0.910. The molecule has 5 nitrogen and oxygen atoms in total. The summed E-state index contributed by atoms with van der Waals surface area (Å²) in [6, 6.07) is -0.564. The Kier molecular flexibility index (Phi) is 3.21. The molecule has 0 radical (unpaired) electrons. The minimum absolute atomic E-state index is 0.487. The Bertz CT molecular complexity index is 229. The first kappa shape index (κ1) is 9.18. The van der Waals surface area contributed by atoms with E-state index in [1.807, 2.05) is 11.7 Å². The normalized spacial score (nSPS) is 22.6. The first-order valence-electron chi connectivity index (χ1n) is 3.48. The SMILES string of the molecule is CSCCC1N=NNC(=O)C1=O. The molecule has 1 atom stereocenters. The van der Waals surface area contributed by atoms with Crippen molar-refractivity contribution in [3.05, 3.63) is 0 Å². The van der Waals surface area contributed by atoms with Gasteiger partial charge in [-0.3, -0.25) is 9.59 Å². The van der Waals surface area contributed by atoms with Crippen LogP contribution in [0.3, 0.4) is 0 Å². The van der Waals surface area contributed by atoms with Gasteiger partial charge in [-0.1, -0.05) is 5.22 Å². The highest BCUT2D eigenvalue weighted by Gasteiger charge is 2.27. The molecule has 1 heterocycles. The Morgan fingerprint density at radius 3 is 3.00 bits per heavy atom. The lowest BCUT2D eigenvalue weighted by atomic mass is 10.1. The lowest BCUT2D eigenvalue weighted by Crippen LogP contribution is -2.38. The van der Waals surface area contributed by atoms with E-state index in [-0.39, 0.29) is 0 Å². The predicted molar refractivity (Wildman–Crippen MR) is 44.8 cm³/mol. The van der Waals surface area contributed by atoms with E-state index in [2.05, 4.69) is 10.3 Å². The highest BCUT2D eigenvalue weighted by Crippen LogP contribution is 2.08. The summed E-state index contributed by atoms with van der Waals surface area (Å²) in [4.78, 5) is 21.8. The molecular formula is C6H9N3O2S. The molecule has 0 aromatic carbocycles. The van der Waals surface area contributed by atoms with E-state index < -0.39 is 17.7 Å². The quantitative estimate of drug-likeness (QED) is 0.640. The molecule has 0 bridgehead atoms. The summed E-state index contributed by atoms with van der Waals surface area (Å²) in [6.45, 7) is 0. The standard InChI is InChI=1S/C6H9N3O2S/c1-12-3-2-4-5(10)6(11)8-9-7-4/h4H,2-3H2,1H3,(H,7,8,11). The molecule has 1 rings (SSSR count). The first-order chi connectivity index (χ1) is 5.75. The van der Waals surface area contributed by atoms with E-state index in [0.29, 0.717) is 6.42 Å². The number of amides is 1. The Labute approximate surface area is 74.0 Å². The van der Waals surface area contributed by atoms with Gasteiger partial charge >= 0.3 is 5.91 Å². The molecule has 12 heavy (non-hydrogen) atoms. The molecule has 1 N–H and O–H groups in total. The van der Waals surface area contributed by atoms with Crippen LogP contribution in [0, 0.1) is 0 Å². The van der Waals surface area contributed by atoms with E-state index in [9.17, 15) is 9.59 Å². The summed E-state index contributed by atoms with van der Waals surface area (Å²) < 4.78 is 0. The Morgan fingerprint density at radius 2 is 2.33 bits per heavy atom. The van der Waals surface area contributed by atoms with E-state index in [0.717, 1.165) is 5.75 Å². The number of rotatable bonds is 3. The fourth-order valence-corrected chi connectivity index (χ4v) is 1.28. The van der Waals surface area contributed by atoms with Gasteiger partial charge in [-0.25, -0.2) is 5.43 Å². The third kappa shape index (κ3) is 2.04. The summed E-state index contributed by atoms with van der Waals surface area (Å²) >= 11 is 1.61. The van der Waals surface area contributed by atoms with Crippen LogP contribution in [0.4, 0.5) is 0 Å². The number of carbonyl (C=O) groups is 2. The number of carbonyl (C=O) groups excluding carboxylic acids is 2. The largest absolute Gasteiger partial charge is 0.311 e. The molecule has 0 aliphatic carbocycles. The highest BCUT2D eigenvalue weighted by atomic mass is 32.2. The molecule has 0 saturated heterocycles. The second-order valence-corrected chi connectivity index (χ2v) is 3.30. The molecule has 66 valence electrons. The van der Waals surface area contributed by atoms with Crippen LogP contribution >= 0.6 is 11.8 Å². The third-order valence-electron chi connectivity index (χ3n) is 1.47. The predicted octanol–water partition coefficient (Wildman–Crippen LogP) is 0.174. The topological polar surface area (TPSA) is 70.9 Å². The molecule has 0 fully saturated rings. The number of ketones is 1. The average molecular weight is 187 g/mol. The second-order valence-electron chi connectivity index (χ2n) is 2.32. The van der Waals surface area contributed by atoms with Crippen LogP contribution in [0.1, 0.15) is 6.42 Å². The number of thioether (sulfide) groups is 1. The molecule has 1 unspecified atom stereocenters. The van der Waals surface area contributed by atoms with Crippen molar-refractivity contribution in [1.29, 1.82) is 0 Å². The molecule has 0 saturated carbocycles. The van der Waals surface area contributed by atoms with Crippen molar-refractivity contribution in [1.82, 2.24) is 5.43 Å². The van der Waals surface area contributed by atoms with Gasteiger partial charge in [-0.2, -0.15) is 16.9 Å². The molecule has 1 aliphatic heterocycles. The van der Waals surface area contributed by atoms with Gasteiger partial charge < -0.3 is 0 Å². The molecule has 0 aromatic heterocycles. The van der Waals surface area contributed by atoms with Gasteiger partial charge in [0.15, 0.2) is 0 Å². The van der Waals surface area contributed by atoms with Crippen LogP contribution in [0.2, 0.25) is 0 Å². The van der Waals surface area contributed by atoms with Gasteiger partial charge in [0.1, 0.15) is 6.04 Å². The van der Waals surface area contributed by atoms with Crippen LogP contribution in [0.5, 0.6) is 0 Å². The van der Waals surface area contributed by atoms with Crippen molar-refractivity contribution in [3.63, 3.8) is 0 Å². The minimum Gasteiger partial charge on any atom is -0.286 e. The van der Waals surface area contributed by atoms with Gasteiger partial charge in [0.25, 0.3) is 0 Å². The zero-order valence-electron chi connectivity index (χ0n) is 6.61. The van der Waals surface area contributed by atoms with Crippen LogP contribution in [-0.2, 0) is 9.59 Å². The van der Waals surface area contributed by atoms with Gasteiger partial charge in [-0.15, -0.1) is 0 Å². The highest BCUT2D eigenvalue weighted by molar-refractivity contribution is 7.98. The van der Waals surface area contributed by atoms with Crippen LogP contribution in [-0.4, -0.2) is 29.7 Å². The molecule has 0 aromatic rings. The van der Waals surface area contributed by atoms with Crippen LogP contribution in [0.25, 0.3) is 0 Å². The number of nitrogens with zero attached hydrogens (tertiary/aromatic N) is 2. The fraction of sp³-hybridized carbons (Fsp3) is 0.667. The third-order valence-corrected chi connectivity index (χ3v) is 2.11. The molecular weight excluding hydrogens is 178 g/mol. The number of nitrogens with one attached hydrogen (secondary N) is 1. The summed E-state index contributed by atoms with van der Waals surface area (Å²) in [7, 11) is 0. The monoisotopic (exact) mass is 187 g/mol. The fourth-order valence-electron chi connectivity index (χ4n) is 0.821. The zero-order valence-corrected chi connectivity index (χ0v) is 7.43. The number of hydrogen-bond acceptors (Lipinski definition) is 5. The van der Waals surface area contributed by atoms with Crippen molar-refractivity contribution in [3.8, 4) is 0 Å². The van der Waals surface area contributed by atoms with Crippen molar-refractivity contribution < 1.29 is 9.59 Å². The molecule has 1 aliphatic rings. The Balaban J connectivity index is 2.52. The maximum atomic E-state index is 11.1.